The molecule has 7 nitrogen and oxygen atoms in total. The number of amides is 1. The number of carbonyl (C=O) groups is 1. The lowest BCUT2D eigenvalue weighted by molar-refractivity contribution is -0.134. The molecule has 1 heterocycles. The second-order valence-electron chi connectivity index (χ2n) is 6.97. The Labute approximate surface area is 171 Å². The van der Waals surface area contributed by atoms with Gasteiger partial charge in [0.05, 0.1) is 12.0 Å². The summed E-state index contributed by atoms with van der Waals surface area (Å²) >= 11 is 0. The average Bonchev–Trinajstić information content (AvgIpc) is 2.74. The lowest BCUT2D eigenvalue weighted by atomic mass is 10.1. The third-order valence-electron chi connectivity index (χ3n) is 5.13. The molecule has 29 heavy (non-hydrogen) atoms. The first-order valence-electron chi connectivity index (χ1n) is 9.44. The number of hydrogen-bond acceptors (Lipinski definition) is 5. The summed E-state index contributed by atoms with van der Waals surface area (Å²) in [6.45, 7) is 4.90. The Morgan fingerprint density at radius 2 is 1.62 bits per heavy atom. The van der Waals surface area contributed by atoms with E-state index in [0.29, 0.717) is 29.5 Å². The van der Waals surface area contributed by atoms with Crippen LogP contribution < -0.4 is 9.47 Å². The topological polar surface area (TPSA) is 76.2 Å². The van der Waals surface area contributed by atoms with Gasteiger partial charge in [0.25, 0.3) is 5.91 Å². The van der Waals surface area contributed by atoms with Gasteiger partial charge in [0, 0.05) is 26.2 Å². The molecule has 1 aliphatic rings. The number of methoxy groups -OCH3 is 1. The molecule has 0 radical (unpaired) electrons. The smallest absolute Gasteiger partial charge is 0.260 e. The van der Waals surface area contributed by atoms with Gasteiger partial charge in [0.2, 0.25) is 10.0 Å². The van der Waals surface area contributed by atoms with E-state index in [9.17, 15) is 13.2 Å². The van der Waals surface area contributed by atoms with Crippen molar-refractivity contribution in [3.63, 3.8) is 0 Å². The Kier molecular flexibility index (Phi) is 6.44. The molecule has 1 amide bonds. The van der Waals surface area contributed by atoms with Crippen LogP contribution in [-0.2, 0) is 14.8 Å². The zero-order valence-corrected chi connectivity index (χ0v) is 17.7. The van der Waals surface area contributed by atoms with E-state index in [1.807, 2.05) is 26.0 Å². The fourth-order valence-corrected chi connectivity index (χ4v) is 4.68. The number of hydrogen-bond donors (Lipinski definition) is 0. The number of rotatable bonds is 6. The molecule has 2 aromatic rings. The highest BCUT2D eigenvalue weighted by Crippen LogP contribution is 2.26. The maximum absolute atomic E-state index is 12.9. The zero-order valence-electron chi connectivity index (χ0n) is 16.9. The molecule has 1 fully saturated rings. The molecule has 0 aliphatic carbocycles. The second-order valence-corrected chi connectivity index (χ2v) is 8.91. The molecular formula is C21H26N2O5S. The number of sulfonamides is 1. The van der Waals surface area contributed by atoms with Crippen LogP contribution >= 0.6 is 0 Å². The predicted octanol–water partition coefficient (Wildman–Crippen LogP) is 2.22. The summed E-state index contributed by atoms with van der Waals surface area (Å²) in [7, 11) is -2.03. The number of carbonyl (C=O) groups excluding carboxylic acids is 1. The summed E-state index contributed by atoms with van der Waals surface area (Å²) in [5.41, 5.74) is 1.99. The minimum atomic E-state index is -3.57. The maximum Gasteiger partial charge on any atom is 0.260 e. The van der Waals surface area contributed by atoms with E-state index >= 15 is 0 Å². The highest BCUT2D eigenvalue weighted by Gasteiger charge is 2.30. The molecular weight excluding hydrogens is 392 g/mol. The summed E-state index contributed by atoms with van der Waals surface area (Å²) in [5, 5.41) is 0. The highest BCUT2D eigenvalue weighted by molar-refractivity contribution is 7.89. The van der Waals surface area contributed by atoms with E-state index < -0.39 is 10.0 Å². The summed E-state index contributed by atoms with van der Waals surface area (Å²) < 4.78 is 38.0. The molecule has 8 heteroatoms. The van der Waals surface area contributed by atoms with E-state index in [1.165, 1.54) is 4.31 Å². The number of nitrogens with zero attached hydrogens (tertiary/aromatic N) is 2. The van der Waals surface area contributed by atoms with E-state index in [1.54, 1.807) is 42.3 Å². The normalized spacial score (nSPS) is 15.2. The molecule has 0 unspecified atom stereocenters. The lowest BCUT2D eigenvalue weighted by Gasteiger charge is -2.34. The summed E-state index contributed by atoms with van der Waals surface area (Å²) in [5.74, 6) is 0.878. The van der Waals surface area contributed by atoms with Gasteiger partial charge < -0.3 is 14.4 Å². The fourth-order valence-electron chi connectivity index (χ4n) is 3.17. The molecule has 1 saturated heterocycles. The van der Waals surface area contributed by atoms with Crippen molar-refractivity contribution in [3.05, 3.63) is 53.6 Å². The third kappa shape index (κ3) is 4.71. The first-order valence-corrected chi connectivity index (χ1v) is 10.9. The van der Waals surface area contributed by atoms with Crippen LogP contribution in [0.1, 0.15) is 11.1 Å². The first kappa shape index (κ1) is 21.1. The maximum atomic E-state index is 12.9. The van der Waals surface area contributed by atoms with Crippen LogP contribution in [0.2, 0.25) is 0 Å². The number of aryl methyl sites for hydroxylation is 2. The van der Waals surface area contributed by atoms with Crippen LogP contribution in [0.5, 0.6) is 11.5 Å². The summed E-state index contributed by atoms with van der Waals surface area (Å²) in [6, 6.07) is 12.3. The van der Waals surface area contributed by atoms with Crippen LogP contribution in [0.15, 0.2) is 47.4 Å². The zero-order chi connectivity index (χ0) is 21.0. The van der Waals surface area contributed by atoms with Crippen molar-refractivity contribution in [3.8, 4) is 11.5 Å². The summed E-state index contributed by atoms with van der Waals surface area (Å²) in [6.07, 6.45) is 0. The van der Waals surface area contributed by atoms with Crippen molar-refractivity contribution in [2.75, 3.05) is 39.9 Å². The summed E-state index contributed by atoms with van der Waals surface area (Å²) in [4.78, 5) is 14.4. The van der Waals surface area contributed by atoms with E-state index in [2.05, 4.69) is 0 Å². The number of piperazine rings is 1. The largest absolute Gasteiger partial charge is 0.493 e. The van der Waals surface area contributed by atoms with Gasteiger partial charge >= 0.3 is 0 Å². The van der Waals surface area contributed by atoms with Crippen LogP contribution in [0.25, 0.3) is 0 Å². The van der Waals surface area contributed by atoms with Crippen molar-refractivity contribution in [2.45, 2.75) is 18.7 Å². The van der Waals surface area contributed by atoms with Crippen LogP contribution in [0.4, 0.5) is 0 Å². The molecule has 0 bridgehead atoms. The van der Waals surface area contributed by atoms with Gasteiger partial charge in [-0.2, -0.15) is 4.31 Å². The first-order chi connectivity index (χ1) is 13.8. The van der Waals surface area contributed by atoms with Crippen molar-refractivity contribution in [1.29, 1.82) is 0 Å². The van der Waals surface area contributed by atoms with E-state index in [-0.39, 0.29) is 25.6 Å². The Hall–Kier alpha value is -2.58. The molecule has 0 atom stereocenters. The lowest BCUT2D eigenvalue weighted by Crippen LogP contribution is -2.51. The van der Waals surface area contributed by atoms with Gasteiger partial charge in [-0.05, 0) is 49.2 Å². The molecule has 0 aromatic heterocycles. The van der Waals surface area contributed by atoms with Crippen molar-refractivity contribution in [2.24, 2.45) is 0 Å². The van der Waals surface area contributed by atoms with Gasteiger partial charge in [0.1, 0.15) is 0 Å². The van der Waals surface area contributed by atoms with Gasteiger partial charge in [-0.25, -0.2) is 8.42 Å². The minimum absolute atomic E-state index is 0.121. The number of para-hydroxylation sites is 2. The Morgan fingerprint density at radius 1 is 0.966 bits per heavy atom. The Balaban J connectivity index is 1.58. The fraction of sp³-hybridized carbons (Fsp3) is 0.381. The SMILES string of the molecule is COc1ccccc1OCC(=O)N1CCN(S(=O)(=O)c2ccc(C)c(C)c2)CC1. The van der Waals surface area contributed by atoms with Crippen LogP contribution in [0, 0.1) is 13.8 Å². The Bertz CT molecular complexity index is 982. The molecule has 1 aliphatic heterocycles. The molecule has 156 valence electrons. The average molecular weight is 419 g/mol. The number of ether oxygens (including phenoxy) is 2. The van der Waals surface area contributed by atoms with Gasteiger partial charge in [-0.1, -0.05) is 18.2 Å². The standard InChI is InChI=1S/C21H26N2O5S/c1-16-8-9-18(14-17(16)2)29(25,26)23-12-10-22(11-13-23)21(24)15-28-20-7-5-4-6-19(20)27-3/h4-9,14H,10-13,15H2,1-3H3. The van der Waals surface area contributed by atoms with E-state index in [4.69, 9.17) is 9.47 Å². The van der Waals surface area contributed by atoms with Crippen molar-refractivity contribution in [1.82, 2.24) is 9.21 Å². The van der Waals surface area contributed by atoms with Gasteiger partial charge in [-0.15, -0.1) is 0 Å². The van der Waals surface area contributed by atoms with E-state index in [0.717, 1.165) is 11.1 Å². The predicted molar refractivity (Wildman–Crippen MR) is 110 cm³/mol. The molecule has 2 aromatic carbocycles. The quantitative estimate of drug-likeness (QED) is 0.719. The molecule has 3 rings (SSSR count). The van der Waals surface area contributed by atoms with Gasteiger partial charge in [-0.3, -0.25) is 4.79 Å². The third-order valence-corrected chi connectivity index (χ3v) is 7.02. The van der Waals surface area contributed by atoms with Gasteiger partial charge in [0.15, 0.2) is 18.1 Å². The van der Waals surface area contributed by atoms with Crippen LogP contribution in [-0.4, -0.2) is 63.4 Å². The molecule has 0 N–H and O–H groups in total. The highest BCUT2D eigenvalue weighted by atomic mass is 32.2. The monoisotopic (exact) mass is 418 g/mol. The Morgan fingerprint density at radius 3 is 2.24 bits per heavy atom. The molecule has 0 saturated carbocycles. The van der Waals surface area contributed by atoms with Crippen molar-refractivity contribution < 1.29 is 22.7 Å². The minimum Gasteiger partial charge on any atom is -0.493 e. The van der Waals surface area contributed by atoms with Crippen LogP contribution in [0.3, 0.4) is 0 Å². The second kappa shape index (κ2) is 8.84. The van der Waals surface area contributed by atoms with Crippen molar-refractivity contribution >= 4 is 15.9 Å². The number of benzene rings is 2. The molecule has 0 spiro atoms.